The summed E-state index contributed by atoms with van der Waals surface area (Å²) in [5.74, 6) is 0.995. The van der Waals surface area contributed by atoms with E-state index in [1.54, 1.807) is 0 Å². The fraction of sp³-hybridized carbons (Fsp3) is 0.294. The van der Waals surface area contributed by atoms with Crippen molar-refractivity contribution in [2.45, 2.75) is 30.5 Å². The predicted octanol–water partition coefficient (Wildman–Crippen LogP) is 5.24. The van der Waals surface area contributed by atoms with Crippen LogP contribution >= 0.6 is 27.7 Å². The molecule has 3 heteroatoms. The first kappa shape index (κ1) is 15.6. The fourth-order valence-corrected chi connectivity index (χ4v) is 3.40. The van der Waals surface area contributed by atoms with Gasteiger partial charge in [0, 0.05) is 21.7 Å². The minimum atomic E-state index is 0.961. The van der Waals surface area contributed by atoms with Gasteiger partial charge in [-0.2, -0.15) is 0 Å². The number of hydrogen-bond donors (Lipinski definition) is 1. The Bertz CT molecular complexity index is 525. The van der Waals surface area contributed by atoms with E-state index >= 15 is 0 Å². The summed E-state index contributed by atoms with van der Waals surface area (Å²) in [5.41, 5.74) is 2.69. The van der Waals surface area contributed by atoms with E-state index in [9.17, 15) is 0 Å². The molecular weight excluding hydrogens is 330 g/mol. The molecule has 0 bridgehead atoms. The van der Waals surface area contributed by atoms with E-state index in [0.29, 0.717) is 0 Å². The molecule has 1 nitrogen and oxygen atoms in total. The number of benzene rings is 2. The second kappa shape index (κ2) is 8.50. The van der Waals surface area contributed by atoms with Crippen molar-refractivity contribution in [3.05, 3.63) is 64.1 Å². The number of halogens is 1. The highest BCUT2D eigenvalue weighted by atomic mass is 79.9. The van der Waals surface area contributed by atoms with Crippen LogP contribution in [0.15, 0.2) is 57.9 Å². The number of nitrogens with one attached hydrogen (secondary N) is 1. The third-order valence-corrected chi connectivity index (χ3v) is 4.87. The van der Waals surface area contributed by atoms with E-state index in [-0.39, 0.29) is 0 Å². The van der Waals surface area contributed by atoms with Gasteiger partial charge in [0.2, 0.25) is 0 Å². The second-order valence-electron chi connectivity index (χ2n) is 4.70. The summed E-state index contributed by atoms with van der Waals surface area (Å²) < 4.78 is 1.19. The summed E-state index contributed by atoms with van der Waals surface area (Å²) in [5, 5.41) is 3.42. The molecule has 1 N–H and O–H groups in total. The number of thioether (sulfide) groups is 1. The van der Waals surface area contributed by atoms with Crippen LogP contribution in [0.4, 0.5) is 0 Å². The zero-order valence-electron chi connectivity index (χ0n) is 11.7. The van der Waals surface area contributed by atoms with Crippen LogP contribution < -0.4 is 5.32 Å². The number of rotatable bonds is 7. The molecule has 0 aliphatic carbocycles. The smallest absolute Gasteiger partial charge is 0.0243 e. The topological polar surface area (TPSA) is 12.0 Å². The maximum atomic E-state index is 3.60. The lowest BCUT2D eigenvalue weighted by atomic mass is 10.2. The van der Waals surface area contributed by atoms with Gasteiger partial charge in [0.25, 0.3) is 0 Å². The number of hydrogen-bond acceptors (Lipinski definition) is 2. The van der Waals surface area contributed by atoms with Gasteiger partial charge < -0.3 is 5.32 Å². The van der Waals surface area contributed by atoms with Crippen LogP contribution in [-0.2, 0) is 12.3 Å². The molecular formula is C17H20BrNS. The lowest BCUT2D eigenvalue weighted by molar-refractivity contribution is 0.675. The molecule has 0 aliphatic rings. The molecule has 0 saturated carbocycles. The molecule has 0 spiro atoms. The minimum absolute atomic E-state index is 0.961. The molecule has 0 aliphatic heterocycles. The van der Waals surface area contributed by atoms with E-state index in [1.165, 1.54) is 26.9 Å². The van der Waals surface area contributed by atoms with Crippen LogP contribution in [0.2, 0.25) is 0 Å². The first-order valence-electron chi connectivity index (χ1n) is 6.95. The summed E-state index contributed by atoms with van der Waals surface area (Å²) >= 11 is 5.47. The Morgan fingerprint density at radius 3 is 2.50 bits per heavy atom. The molecule has 20 heavy (non-hydrogen) atoms. The van der Waals surface area contributed by atoms with Gasteiger partial charge >= 0.3 is 0 Å². The molecule has 106 valence electrons. The van der Waals surface area contributed by atoms with E-state index in [2.05, 4.69) is 76.7 Å². The van der Waals surface area contributed by atoms with Crippen LogP contribution in [0, 0.1) is 0 Å². The van der Waals surface area contributed by atoms with Crippen molar-refractivity contribution in [2.24, 2.45) is 0 Å². The summed E-state index contributed by atoms with van der Waals surface area (Å²) in [6.45, 7) is 4.23. The summed E-state index contributed by atoms with van der Waals surface area (Å²) in [6, 6.07) is 17.3. The first-order chi connectivity index (χ1) is 9.79. The lowest BCUT2D eigenvalue weighted by Crippen LogP contribution is -2.13. The summed E-state index contributed by atoms with van der Waals surface area (Å²) in [4.78, 5) is 1.32. The fourth-order valence-electron chi connectivity index (χ4n) is 1.89. The standard InChI is InChI=1S/C17H20BrNS/c1-2-11-19-12-14-7-9-16(10-8-14)20-13-15-5-3-4-6-17(15)18/h3-10,19H,2,11-13H2,1H3. The monoisotopic (exact) mass is 349 g/mol. The molecule has 0 amide bonds. The Morgan fingerprint density at radius 1 is 1.05 bits per heavy atom. The molecule has 0 aromatic heterocycles. The van der Waals surface area contributed by atoms with Crippen LogP contribution in [0.1, 0.15) is 24.5 Å². The molecule has 0 heterocycles. The zero-order valence-corrected chi connectivity index (χ0v) is 14.1. The van der Waals surface area contributed by atoms with Crippen LogP contribution in [0.5, 0.6) is 0 Å². The lowest BCUT2D eigenvalue weighted by Gasteiger charge is -2.06. The average Bonchev–Trinajstić information content (AvgIpc) is 2.48. The van der Waals surface area contributed by atoms with Gasteiger partial charge in [-0.1, -0.05) is 53.2 Å². The van der Waals surface area contributed by atoms with Crippen LogP contribution in [0.25, 0.3) is 0 Å². The molecule has 2 rings (SSSR count). The highest BCUT2D eigenvalue weighted by Crippen LogP contribution is 2.26. The zero-order chi connectivity index (χ0) is 14.2. The summed E-state index contributed by atoms with van der Waals surface area (Å²) in [7, 11) is 0. The van der Waals surface area contributed by atoms with E-state index < -0.39 is 0 Å². The van der Waals surface area contributed by atoms with Crippen molar-refractivity contribution in [1.29, 1.82) is 0 Å². The van der Waals surface area contributed by atoms with Gasteiger partial charge in [-0.25, -0.2) is 0 Å². The van der Waals surface area contributed by atoms with Crippen molar-refractivity contribution >= 4 is 27.7 Å². The highest BCUT2D eigenvalue weighted by Gasteiger charge is 2.00. The Hall–Kier alpha value is -0.770. The Kier molecular flexibility index (Phi) is 6.64. The third kappa shape index (κ3) is 4.97. The molecule has 0 radical (unpaired) electrons. The molecule has 2 aromatic carbocycles. The Morgan fingerprint density at radius 2 is 1.80 bits per heavy atom. The van der Waals surface area contributed by atoms with Crippen molar-refractivity contribution in [3.63, 3.8) is 0 Å². The normalized spacial score (nSPS) is 10.7. The minimum Gasteiger partial charge on any atom is -0.313 e. The van der Waals surface area contributed by atoms with Gasteiger partial charge in [-0.05, 0) is 42.3 Å². The van der Waals surface area contributed by atoms with Gasteiger partial charge in [0.05, 0.1) is 0 Å². The van der Waals surface area contributed by atoms with Gasteiger partial charge in [0.15, 0.2) is 0 Å². The van der Waals surface area contributed by atoms with Crippen molar-refractivity contribution < 1.29 is 0 Å². The third-order valence-electron chi connectivity index (χ3n) is 3.03. The molecule has 2 aromatic rings. The van der Waals surface area contributed by atoms with Crippen LogP contribution in [0.3, 0.4) is 0 Å². The summed E-state index contributed by atoms with van der Waals surface area (Å²) in [6.07, 6.45) is 1.18. The largest absolute Gasteiger partial charge is 0.313 e. The highest BCUT2D eigenvalue weighted by molar-refractivity contribution is 9.10. The molecule has 0 atom stereocenters. The van der Waals surface area contributed by atoms with E-state index in [0.717, 1.165) is 18.8 Å². The Balaban J connectivity index is 1.86. The van der Waals surface area contributed by atoms with E-state index in [1.807, 2.05) is 11.8 Å². The van der Waals surface area contributed by atoms with Crippen molar-refractivity contribution in [2.75, 3.05) is 6.54 Å². The van der Waals surface area contributed by atoms with Gasteiger partial charge in [-0.15, -0.1) is 11.8 Å². The maximum absolute atomic E-state index is 3.60. The van der Waals surface area contributed by atoms with Crippen molar-refractivity contribution in [3.8, 4) is 0 Å². The quantitative estimate of drug-likeness (QED) is 0.541. The van der Waals surface area contributed by atoms with Crippen LogP contribution in [-0.4, -0.2) is 6.54 Å². The average molecular weight is 350 g/mol. The molecule has 0 unspecified atom stereocenters. The van der Waals surface area contributed by atoms with E-state index in [4.69, 9.17) is 0 Å². The molecule has 0 fully saturated rings. The SMILES string of the molecule is CCCNCc1ccc(SCc2ccccc2Br)cc1. The first-order valence-corrected chi connectivity index (χ1v) is 8.73. The van der Waals surface area contributed by atoms with Crippen molar-refractivity contribution in [1.82, 2.24) is 5.32 Å². The molecule has 0 saturated heterocycles. The second-order valence-corrected chi connectivity index (χ2v) is 6.60. The van der Waals surface area contributed by atoms with Gasteiger partial charge in [0.1, 0.15) is 0 Å². The maximum Gasteiger partial charge on any atom is 0.0243 e. The Labute approximate surface area is 134 Å². The van der Waals surface area contributed by atoms with Gasteiger partial charge in [-0.3, -0.25) is 0 Å². The predicted molar refractivity (Wildman–Crippen MR) is 92.1 cm³/mol.